The molecule has 216 valence electrons. The number of rotatable bonds is 14. The summed E-state index contributed by atoms with van der Waals surface area (Å²) in [5, 5.41) is 6.41. The first-order valence-electron chi connectivity index (χ1n) is 12.8. The van der Waals surface area contributed by atoms with Crippen molar-refractivity contribution >= 4 is 24.0 Å². The Balaban J connectivity index is 1.51. The number of carbonyl (C=O) groups is 3. The smallest absolute Gasteiger partial charge is 0.343 e. The highest BCUT2D eigenvalue weighted by molar-refractivity contribution is 5.97. The van der Waals surface area contributed by atoms with Gasteiger partial charge in [0.15, 0.2) is 23.0 Å². The molecule has 0 aromatic heterocycles. The summed E-state index contributed by atoms with van der Waals surface area (Å²) in [6.07, 6.45) is 3.38. The lowest BCUT2D eigenvalue weighted by molar-refractivity contribution is -0.120. The minimum Gasteiger partial charge on any atom is -0.494 e. The Morgan fingerprint density at radius 2 is 1.46 bits per heavy atom. The van der Waals surface area contributed by atoms with Gasteiger partial charge in [-0.3, -0.25) is 9.59 Å². The zero-order valence-electron chi connectivity index (χ0n) is 23.4. The summed E-state index contributed by atoms with van der Waals surface area (Å²) in [6, 6.07) is 16.2. The third-order valence-electron chi connectivity index (χ3n) is 5.71. The van der Waals surface area contributed by atoms with Gasteiger partial charge in [-0.25, -0.2) is 10.2 Å². The molecule has 41 heavy (non-hydrogen) atoms. The van der Waals surface area contributed by atoms with Gasteiger partial charge in [-0.2, -0.15) is 5.10 Å². The van der Waals surface area contributed by atoms with E-state index in [1.807, 2.05) is 0 Å². The number of methoxy groups -OCH3 is 3. The summed E-state index contributed by atoms with van der Waals surface area (Å²) in [6.45, 7) is 2.41. The minimum atomic E-state index is -0.549. The Kier molecular flexibility index (Phi) is 11.5. The predicted octanol–water partition coefficient (Wildman–Crippen LogP) is 3.99. The third-order valence-corrected chi connectivity index (χ3v) is 5.71. The van der Waals surface area contributed by atoms with E-state index in [1.54, 1.807) is 54.6 Å². The molecule has 0 bridgehead atoms. The van der Waals surface area contributed by atoms with Crippen molar-refractivity contribution in [1.29, 1.82) is 0 Å². The average Bonchev–Trinajstić information content (AvgIpc) is 3.00. The van der Waals surface area contributed by atoms with Gasteiger partial charge in [0, 0.05) is 5.56 Å². The van der Waals surface area contributed by atoms with Crippen molar-refractivity contribution < 1.29 is 38.1 Å². The van der Waals surface area contributed by atoms with Crippen LogP contribution in [0.2, 0.25) is 0 Å². The molecule has 3 aromatic rings. The number of hydrogen-bond donors (Lipinski definition) is 2. The summed E-state index contributed by atoms with van der Waals surface area (Å²) >= 11 is 0. The fraction of sp³-hybridized carbons (Fsp3) is 0.267. The Hall–Kier alpha value is -5.06. The normalized spacial score (nSPS) is 10.5. The van der Waals surface area contributed by atoms with Crippen LogP contribution in [0.5, 0.6) is 28.7 Å². The second-order valence-corrected chi connectivity index (χ2v) is 8.57. The second kappa shape index (κ2) is 15.5. The first kappa shape index (κ1) is 30.5. The van der Waals surface area contributed by atoms with Crippen LogP contribution in [0.1, 0.15) is 46.0 Å². The van der Waals surface area contributed by atoms with Crippen LogP contribution in [-0.2, 0) is 4.79 Å². The molecule has 0 unspecified atom stereocenters. The van der Waals surface area contributed by atoms with Crippen molar-refractivity contribution in [2.24, 2.45) is 5.10 Å². The quantitative estimate of drug-likeness (QED) is 0.0989. The lowest BCUT2D eigenvalue weighted by atomic mass is 10.2. The van der Waals surface area contributed by atoms with E-state index in [9.17, 15) is 14.4 Å². The molecule has 0 heterocycles. The lowest BCUT2D eigenvalue weighted by Crippen LogP contribution is -2.34. The van der Waals surface area contributed by atoms with E-state index in [-0.39, 0.29) is 12.3 Å². The molecule has 0 spiro atoms. The number of unbranched alkanes of at least 4 members (excludes halogenated alkanes) is 1. The number of benzene rings is 3. The topological polar surface area (TPSA) is 134 Å². The molecule has 2 amide bonds. The van der Waals surface area contributed by atoms with Gasteiger partial charge in [-0.1, -0.05) is 13.3 Å². The molecule has 3 rings (SSSR count). The van der Waals surface area contributed by atoms with E-state index < -0.39 is 17.8 Å². The molecule has 0 aliphatic heterocycles. The Morgan fingerprint density at radius 1 is 0.805 bits per heavy atom. The molecule has 0 aliphatic rings. The van der Waals surface area contributed by atoms with Gasteiger partial charge in [-0.05, 0) is 72.6 Å². The molecular weight excluding hydrogens is 530 g/mol. The molecule has 0 saturated heterocycles. The van der Waals surface area contributed by atoms with Crippen molar-refractivity contribution in [3.8, 4) is 28.7 Å². The summed E-state index contributed by atoms with van der Waals surface area (Å²) in [4.78, 5) is 37.1. The largest absolute Gasteiger partial charge is 0.494 e. The van der Waals surface area contributed by atoms with Gasteiger partial charge >= 0.3 is 5.97 Å². The van der Waals surface area contributed by atoms with Gasteiger partial charge in [0.2, 0.25) is 0 Å². The molecule has 11 heteroatoms. The predicted molar refractivity (Wildman–Crippen MR) is 152 cm³/mol. The third kappa shape index (κ3) is 8.99. The van der Waals surface area contributed by atoms with Crippen LogP contribution in [0.15, 0.2) is 65.8 Å². The molecular formula is C30H33N3O8. The first-order valence-corrected chi connectivity index (χ1v) is 12.8. The first-order chi connectivity index (χ1) is 19.9. The van der Waals surface area contributed by atoms with Gasteiger partial charge in [0.1, 0.15) is 5.75 Å². The Labute approximate surface area is 238 Å². The maximum absolute atomic E-state index is 12.6. The molecule has 0 atom stereocenters. The molecule has 2 N–H and O–H groups in total. The molecule has 0 saturated carbocycles. The average molecular weight is 564 g/mol. The molecule has 11 nitrogen and oxygen atoms in total. The van der Waals surface area contributed by atoms with Crippen LogP contribution in [-0.4, -0.2) is 58.5 Å². The van der Waals surface area contributed by atoms with Crippen molar-refractivity contribution in [1.82, 2.24) is 10.7 Å². The Morgan fingerprint density at radius 3 is 2.15 bits per heavy atom. The van der Waals surface area contributed by atoms with Gasteiger partial charge in [0.25, 0.3) is 11.8 Å². The van der Waals surface area contributed by atoms with Crippen molar-refractivity contribution in [3.05, 3.63) is 77.4 Å². The Bertz CT molecular complexity index is 1370. The van der Waals surface area contributed by atoms with Crippen molar-refractivity contribution in [2.75, 3.05) is 34.5 Å². The SMILES string of the molecule is CCCCOc1ccc(C(=O)Oc2ccc(C=NNC(=O)CNC(=O)c3ccc(OC)c(OC)c3)cc2OC)cc1. The summed E-state index contributed by atoms with van der Waals surface area (Å²) < 4.78 is 26.8. The van der Waals surface area contributed by atoms with Crippen molar-refractivity contribution in [3.63, 3.8) is 0 Å². The maximum atomic E-state index is 12.6. The van der Waals surface area contributed by atoms with E-state index in [2.05, 4.69) is 22.8 Å². The van der Waals surface area contributed by atoms with E-state index in [4.69, 9.17) is 23.7 Å². The minimum absolute atomic E-state index is 0.222. The number of nitrogens with one attached hydrogen (secondary N) is 2. The maximum Gasteiger partial charge on any atom is 0.343 e. The number of amides is 2. The van der Waals surface area contributed by atoms with Crippen LogP contribution >= 0.6 is 0 Å². The van der Waals surface area contributed by atoms with E-state index >= 15 is 0 Å². The number of nitrogens with zero attached hydrogens (tertiary/aromatic N) is 1. The summed E-state index contributed by atoms with van der Waals surface area (Å²) in [7, 11) is 4.40. The monoisotopic (exact) mass is 563 g/mol. The van der Waals surface area contributed by atoms with Crippen LogP contribution < -0.4 is 34.4 Å². The molecule has 0 fully saturated rings. The highest BCUT2D eigenvalue weighted by atomic mass is 16.6. The van der Waals surface area contributed by atoms with Crippen LogP contribution in [0.4, 0.5) is 0 Å². The highest BCUT2D eigenvalue weighted by Crippen LogP contribution is 2.29. The number of hydrazone groups is 1. The van der Waals surface area contributed by atoms with E-state index in [0.29, 0.717) is 46.3 Å². The van der Waals surface area contributed by atoms with E-state index in [0.717, 1.165) is 12.8 Å². The van der Waals surface area contributed by atoms with Gasteiger partial charge in [0.05, 0.1) is 46.3 Å². The van der Waals surface area contributed by atoms with Crippen LogP contribution in [0.3, 0.4) is 0 Å². The zero-order valence-corrected chi connectivity index (χ0v) is 23.4. The molecule has 0 aliphatic carbocycles. The van der Waals surface area contributed by atoms with Gasteiger partial charge in [-0.15, -0.1) is 0 Å². The van der Waals surface area contributed by atoms with Crippen LogP contribution in [0, 0.1) is 0 Å². The second-order valence-electron chi connectivity index (χ2n) is 8.57. The van der Waals surface area contributed by atoms with Gasteiger partial charge < -0.3 is 29.0 Å². The molecule has 0 radical (unpaired) electrons. The van der Waals surface area contributed by atoms with E-state index in [1.165, 1.54) is 33.6 Å². The highest BCUT2D eigenvalue weighted by Gasteiger charge is 2.14. The van der Waals surface area contributed by atoms with Crippen LogP contribution in [0.25, 0.3) is 0 Å². The summed E-state index contributed by atoms with van der Waals surface area (Å²) in [5.41, 5.74) is 3.58. The summed E-state index contributed by atoms with van der Waals surface area (Å²) in [5.74, 6) is 0.543. The standard InChI is InChI=1S/C30H33N3O8/c1-5-6-15-40-23-11-8-21(9-12-23)30(36)41-25-13-7-20(16-26(25)38-3)18-32-33-28(34)19-31-29(35)22-10-14-24(37-2)27(17-22)39-4/h7-14,16-18H,5-6,15,19H2,1-4H3,(H,31,35)(H,33,34). The van der Waals surface area contributed by atoms with Crippen molar-refractivity contribution in [2.45, 2.75) is 19.8 Å². The lowest BCUT2D eigenvalue weighted by Gasteiger charge is -2.10. The number of esters is 1. The fourth-order valence-corrected chi connectivity index (χ4v) is 3.49. The number of hydrogen-bond acceptors (Lipinski definition) is 9. The number of carbonyl (C=O) groups excluding carboxylic acids is 3. The zero-order chi connectivity index (χ0) is 29.6. The fourth-order valence-electron chi connectivity index (χ4n) is 3.49. The molecule has 3 aromatic carbocycles. The number of ether oxygens (including phenoxy) is 5.